The van der Waals surface area contributed by atoms with E-state index in [0.29, 0.717) is 13.0 Å². The Balaban J connectivity index is 2.34. The molecule has 1 aliphatic heterocycles. The maximum atomic E-state index is 12.0. The van der Waals surface area contributed by atoms with Crippen molar-refractivity contribution in [3.05, 3.63) is 0 Å². The van der Waals surface area contributed by atoms with Gasteiger partial charge in [0.1, 0.15) is 0 Å². The van der Waals surface area contributed by atoms with E-state index in [0.717, 1.165) is 26.2 Å². The predicted octanol–water partition coefficient (Wildman–Crippen LogP) is -0.451. The van der Waals surface area contributed by atoms with Gasteiger partial charge in [-0.05, 0) is 5.92 Å². The van der Waals surface area contributed by atoms with Crippen molar-refractivity contribution in [3.8, 4) is 0 Å². The van der Waals surface area contributed by atoms with Gasteiger partial charge in [-0.2, -0.15) is 0 Å². The van der Waals surface area contributed by atoms with Crippen molar-refractivity contribution < 1.29 is 14.3 Å². The minimum Gasteiger partial charge on any atom is -0.384 e. The molecule has 1 aliphatic rings. The van der Waals surface area contributed by atoms with E-state index < -0.39 is 0 Å². The second-order valence-corrected chi connectivity index (χ2v) is 5.15. The van der Waals surface area contributed by atoms with E-state index in [2.05, 4.69) is 5.32 Å². The Morgan fingerprint density at radius 2 is 2.00 bits per heavy atom. The highest BCUT2D eigenvalue weighted by Crippen LogP contribution is 2.05. The maximum Gasteiger partial charge on any atom is 0.242 e. The van der Waals surface area contributed by atoms with Gasteiger partial charge in [-0.3, -0.25) is 9.59 Å². The molecule has 1 atom stereocenters. The van der Waals surface area contributed by atoms with Crippen molar-refractivity contribution in [2.75, 3.05) is 53.5 Å². The van der Waals surface area contributed by atoms with E-state index in [9.17, 15) is 9.59 Å². The van der Waals surface area contributed by atoms with Gasteiger partial charge in [-0.15, -0.1) is 0 Å². The molecule has 6 heteroatoms. The van der Waals surface area contributed by atoms with Crippen LogP contribution in [0.1, 0.15) is 13.3 Å². The summed E-state index contributed by atoms with van der Waals surface area (Å²) in [6, 6.07) is 0. The average molecular weight is 271 g/mol. The minimum atomic E-state index is -0.00645. The summed E-state index contributed by atoms with van der Waals surface area (Å²) in [6.07, 6.45) is 0.416. The van der Waals surface area contributed by atoms with Crippen LogP contribution < -0.4 is 5.32 Å². The highest BCUT2D eigenvalue weighted by Gasteiger charge is 2.20. The van der Waals surface area contributed by atoms with Crippen LogP contribution in [0.3, 0.4) is 0 Å². The summed E-state index contributed by atoms with van der Waals surface area (Å²) < 4.78 is 5.01. The van der Waals surface area contributed by atoms with Crippen molar-refractivity contribution in [2.45, 2.75) is 13.3 Å². The molecule has 110 valence electrons. The SMILES string of the molecule is COCC(C)CC(=O)N(C)CC(=O)N1CCNCC1. The maximum absolute atomic E-state index is 12.0. The molecule has 1 heterocycles. The van der Waals surface area contributed by atoms with E-state index in [1.54, 1.807) is 19.1 Å². The summed E-state index contributed by atoms with van der Waals surface area (Å²) in [7, 11) is 3.31. The standard InChI is InChI=1S/C13H25N3O3/c1-11(10-19-3)8-12(17)15(2)9-13(18)16-6-4-14-5-7-16/h11,14H,4-10H2,1-3H3. The highest BCUT2D eigenvalue weighted by atomic mass is 16.5. The lowest BCUT2D eigenvalue weighted by Crippen LogP contribution is -2.49. The van der Waals surface area contributed by atoms with Crippen LogP contribution in [0.25, 0.3) is 0 Å². The van der Waals surface area contributed by atoms with Crippen LogP contribution in [0.15, 0.2) is 0 Å². The summed E-state index contributed by atoms with van der Waals surface area (Å²) in [4.78, 5) is 27.3. The van der Waals surface area contributed by atoms with Crippen molar-refractivity contribution in [3.63, 3.8) is 0 Å². The highest BCUT2D eigenvalue weighted by molar-refractivity contribution is 5.84. The van der Waals surface area contributed by atoms with Crippen LogP contribution in [0.4, 0.5) is 0 Å². The Kier molecular flexibility index (Phi) is 6.80. The molecule has 19 heavy (non-hydrogen) atoms. The van der Waals surface area contributed by atoms with Crippen LogP contribution >= 0.6 is 0 Å². The molecule has 2 amide bonds. The zero-order valence-electron chi connectivity index (χ0n) is 12.1. The molecule has 0 aromatic heterocycles. The summed E-state index contributed by atoms with van der Waals surface area (Å²) >= 11 is 0. The summed E-state index contributed by atoms with van der Waals surface area (Å²) in [5.41, 5.74) is 0. The zero-order chi connectivity index (χ0) is 14.3. The molecule has 1 fully saturated rings. The number of carbonyl (C=O) groups is 2. The largest absolute Gasteiger partial charge is 0.384 e. The van der Waals surface area contributed by atoms with Crippen LogP contribution in [-0.2, 0) is 14.3 Å². The Morgan fingerprint density at radius 3 is 2.58 bits per heavy atom. The molecule has 0 saturated carbocycles. The second-order valence-electron chi connectivity index (χ2n) is 5.15. The molecule has 1 rings (SSSR count). The number of nitrogens with one attached hydrogen (secondary N) is 1. The van der Waals surface area contributed by atoms with Crippen LogP contribution in [-0.4, -0.2) is 75.1 Å². The molecule has 0 spiro atoms. The molecule has 1 unspecified atom stereocenters. The summed E-state index contributed by atoms with van der Waals surface area (Å²) in [5.74, 6) is 0.194. The molecule has 6 nitrogen and oxygen atoms in total. The fourth-order valence-corrected chi connectivity index (χ4v) is 2.10. The second kappa shape index (κ2) is 8.12. The Morgan fingerprint density at radius 1 is 1.37 bits per heavy atom. The molecular weight excluding hydrogens is 246 g/mol. The summed E-state index contributed by atoms with van der Waals surface area (Å²) in [6.45, 7) is 5.79. The molecular formula is C13H25N3O3. The first kappa shape index (κ1) is 15.9. The predicted molar refractivity (Wildman–Crippen MR) is 72.7 cm³/mol. The normalized spacial score (nSPS) is 17.1. The smallest absolute Gasteiger partial charge is 0.242 e. The van der Waals surface area contributed by atoms with Crippen LogP contribution in [0, 0.1) is 5.92 Å². The molecule has 0 aliphatic carbocycles. The number of nitrogens with zero attached hydrogens (tertiary/aromatic N) is 2. The fraction of sp³-hybridized carbons (Fsp3) is 0.846. The number of ether oxygens (including phenoxy) is 1. The van der Waals surface area contributed by atoms with Crippen LogP contribution in [0.2, 0.25) is 0 Å². The van der Waals surface area contributed by atoms with Gasteiger partial charge in [-0.1, -0.05) is 6.92 Å². The fourth-order valence-electron chi connectivity index (χ4n) is 2.10. The van der Waals surface area contributed by atoms with Gasteiger partial charge in [-0.25, -0.2) is 0 Å². The van der Waals surface area contributed by atoms with Crippen molar-refractivity contribution >= 4 is 11.8 Å². The lowest BCUT2D eigenvalue weighted by atomic mass is 10.1. The van der Waals surface area contributed by atoms with Crippen molar-refractivity contribution in [1.82, 2.24) is 15.1 Å². The first-order chi connectivity index (χ1) is 9.04. The molecule has 1 saturated heterocycles. The number of likely N-dealkylation sites (N-methyl/N-ethyl adjacent to an activating group) is 1. The number of hydrogen-bond acceptors (Lipinski definition) is 4. The first-order valence-corrected chi connectivity index (χ1v) is 6.76. The number of piperazine rings is 1. The molecule has 0 aromatic carbocycles. The van der Waals surface area contributed by atoms with E-state index in [1.165, 1.54) is 4.90 Å². The van der Waals surface area contributed by atoms with E-state index in [1.807, 2.05) is 6.92 Å². The summed E-state index contributed by atoms with van der Waals surface area (Å²) in [5, 5.41) is 3.20. The Hall–Kier alpha value is -1.14. The lowest BCUT2D eigenvalue weighted by Gasteiger charge is -2.29. The third-order valence-electron chi connectivity index (χ3n) is 3.24. The Labute approximate surface area is 115 Å². The number of rotatable bonds is 6. The van der Waals surface area contributed by atoms with E-state index in [-0.39, 0.29) is 24.3 Å². The van der Waals surface area contributed by atoms with Gasteiger partial charge in [0.25, 0.3) is 0 Å². The topological polar surface area (TPSA) is 61.9 Å². The van der Waals surface area contributed by atoms with Crippen molar-refractivity contribution in [2.24, 2.45) is 5.92 Å². The van der Waals surface area contributed by atoms with Crippen molar-refractivity contribution in [1.29, 1.82) is 0 Å². The van der Waals surface area contributed by atoms with Gasteiger partial charge in [0.2, 0.25) is 11.8 Å². The number of hydrogen-bond donors (Lipinski definition) is 1. The van der Waals surface area contributed by atoms with E-state index in [4.69, 9.17) is 4.74 Å². The third-order valence-corrected chi connectivity index (χ3v) is 3.24. The zero-order valence-corrected chi connectivity index (χ0v) is 12.1. The molecule has 1 N–H and O–H groups in total. The quantitative estimate of drug-likeness (QED) is 0.711. The Bertz CT molecular complexity index is 304. The van der Waals surface area contributed by atoms with Gasteiger partial charge in [0.15, 0.2) is 0 Å². The van der Waals surface area contributed by atoms with Gasteiger partial charge < -0.3 is 19.9 Å². The third kappa shape index (κ3) is 5.57. The van der Waals surface area contributed by atoms with Gasteiger partial charge in [0.05, 0.1) is 6.54 Å². The number of methoxy groups -OCH3 is 1. The molecule has 0 radical (unpaired) electrons. The van der Waals surface area contributed by atoms with E-state index >= 15 is 0 Å². The van der Waals surface area contributed by atoms with Gasteiger partial charge >= 0.3 is 0 Å². The molecule has 0 bridgehead atoms. The number of carbonyl (C=O) groups excluding carboxylic acids is 2. The molecule has 0 aromatic rings. The number of amides is 2. The lowest BCUT2D eigenvalue weighted by molar-refractivity contribution is -0.140. The van der Waals surface area contributed by atoms with Gasteiger partial charge in [0, 0.05) is 53.4 Å². The average Bonchev–Trinajstić information content (AvgIpc) is 2.39. The van der Waals surface area contributed by atoms with Crippen LogP contribution in [0.5, 0.6) is 0 Å². The first-order valence-electron chi connectivity index (χ1n) is 6.76. The minimum absolute atomic E-state index is 0.00645. The monoisotopic (exact) mass is 271 g/mol.